The smallest absolute Gasteiger partial charge is 0.100 e. The SMILES string of the molecule is CC(C)C.OCC(O)CO. The zero-order chi connectivity index (χ0) is 8.57. The summed E-state index contributed by atoms with van der Waals surface area (Å²) in [6, 6.07) is 0. The lowest BCUT2D eigenvalue weighted by molar-refractivity contribution is 0.0450. The Morgan fingerprint density at radius 3 is 1.20 bits per heavy atom. The molecule has 0 aliphatic carbocycles. The summed E-state index contributed by atoms with van der Waals surface area (Å²) in [4.78, 5) is 0. The van der Waals surface area contributed by atoms with Gasteiger partial charge in [0.05, 0.1) is 13.2 Å². The molecule has 0 heterocycles. The molecule has 0 aliphatic rings. The van der Waals surface area contributed by atoms with Crippen molar-refractivity contribution < 1.29 is 15.3 Å². The van der Waals surface area contributed by atoms with E-state index in [0.717, 1.165) is 5.92 Å². The van der Waals surface area contributed by atoms with E-state index in [1.54, 1.807) is 0 Å². The van der Waals surface area contributed by atoms with Crippen LogP contribution in [0.15, 0.2) is 0 Å². The maximum absolute atomic E-state index is 8.17. The molecular formula is C7H18O3. The second-order valence-corrected chi connectivity index (χ2v) is 2.75. The van der Waals surface area contributed by atoms with Crippen LogP contribution >= 0.6 is 0 Å². The molecule has 3 N–H and O–H groups in total. The third kappa shape index (κ3) is 24.8. The summed E-state index contributed by atoms with van der Waals surface area (Å²) < 4.78 is 0. The van der Waals surface area contributed by atoms with Gasteiger partial charge in [0, 0.05) is 0 Å². The molecule has 0 unspecified atom stereocenters. The van der Waals surface area contributed by atoms with Crippen molar-refractivity contribution in [3.05, 3.63) is 0 Å². The van der Waals surface area contributed by atoms with Crippen LogP contribution in [0, 0.1) is 5.92 Å². The van der Waals surface area contributed by atoms with E-state index < -0.39 is 6.10 Å². The average molecular weight is 150 g/mol. The Bertz CT molecular complexity index is 48.1. The van der Waals surface area contributed by atoms with Gasteiger partial charge in [-0.1, -0.05) is 20.8 Å². The van der Waals surface area contributed by atoms with E-state index in [1.165, 1.54) is 0 Å². The lowest BCUT2D eigenvalue weighted by atomic mass is 10.3. The lowest BCUT2D eigenvalue weighted by Gasteiger charge is -1.96. The van der Waals surface area contributed by atoms with Gasteiger partial charge < -0.3 is 15.3 Å². The van der Waals surface area contributed by atoms with E-state index in [-0.39, 0.29) is 13.2 Å². The molecule has 0 bridgehead atoms. The summed E-state index contributed by atoms with van der Waals surface area (Å²) >= 11 is 0. The van der Waals surface area contributed by atoms with Gasteiger partial charge in [0.2, 0.25) is 0 Å². The van der Waals surface area contributed by atoms with Crippen LogP contribution in [0.25, 0.3) is 0 Å². The van der Waals surface area contributed by atoms with Crippen molar-refractivity contribution in [2.24, 2.45) is 5.92 Å². The highest BCUT2D eigenvalue weighted by atomic mass is 16.3. The summed E-state index contributed by atoms with van der Waals surface area (Å²) in [7, 11) is 0. The first-order valence-corrected chi connectivity index (χ1v) is 3.44. The van der Waals surface area contributed by atoms with Crippen molar-refractivity contribution in [1.29, 1.82) is 0 Å². The van der Waals surface area contributed by atoms with Crippen molar-refractivity contribution in [3.8, 4) is 0 Å². The lowest BCUT2D eigenvalue weighted by Crippen LogP contribution is -2.15. The minimum absolute atomic E-state index is 0.365. The number of aliphatic hydroxyl groups is 3. The monoisotopic (exact) mass is 150 g/mol. The number of hydrogen-bond acceptors (Lipinski definition) is 3. The maximum atomic E-state index is 8.17. The molecule has 0 spiro atoms. The second kappa shape index (κ2) is 8.88. The minimum atomic E-state index is -0.954. The Hall–Kier alpha value is -0.120. The molecule has 3 nitrogen and oxygen atoms in total. The second-order valence-electron chi connectivity index (χ2n) is 2.75. The Balaban J connectivity index is 0. The maximum Gasteiger partial charge on any atom is 0.100 e. The first-order valence-electron chi connectivity index (χ1n) is 3.44. The Labute approximate surface area is 62.3 Å². The summed E-state index contributed by atoms with van der Waals surface area (Å²) in [5.74, 6) is 0.833. The molecule has 0 amide bonds. The van der Waals surface area contributed by atoms with Crippen molar-refractivity contribution >= 4 is 0 Å². The fourth-order valence-electron chi connectivity index (χ4n) is 0.0577. The van der Waals surface area contributed by atoms with Crippen LogP contribution < -0.4 is 0 Å². The molecule has 0 atom stereocenters. The van der Waals surface area contributed by atoms with Crippen LogP contribution in [0.4, 0.5) is 0 Å². The molecule has 0 aliphatic heterocycles. The van der Waals surface area contributed by atoms with Gasteiger partial charge in [0.1, 0.15) is 6.10 Å². The van der Waals surface area contributed by atoms with Crippen molar-refractivity contribution in [1.82, 2.24) is 0 Å². The van der Waals surface area contributed by atoms with Crippen molar-refractivity contribution in [2.75, 3.05) is 13.2 Å². The number of hydrogen-bond donors (Lipinski definition) is 3. The topological polar surface area (TPSA) is 60.7 Å². The Morgan fingerprint density at radius 2 is 1.20 bits per heavy atom. The van der Waals surface area contributed by atoms with Gasteiger partial charge >= 0.3 is 0 Å². The van der Waals surface area contributed by atoms with E-state index in [2.05, 4.69) is 20.8 Å². The molecular weight excluding hydrogens is 132 g/mol. The average Bonchev–Trinajstić information content (AvgIpc) is 1.85. The highest BCUT2D eigenvalue weighted by molar-refractivity contribution is 4.43. The fraction of sp³-hybridized carbons (Fsp3) is 1.00. The summed E-state index contributed by atoms with van der Waals surface area (Å²) in [6.45, 7) is 5.77. The van der Waals surface area contributed by atoms with E-state index in [4.69, 9.17) is 15.3 Å². The summed E-state index contributed by atoms with van der Waals surface area (Å²) in [5, 5.41) is 24.0. The van der Waals surface area contributed by atoms with E-state index in [0.29, 0.717) is 0 Å². The fourth-order valence-corrected chi connectivity index (χ4v) is 0.0577. The predicted molar refractivity (Wildman–Crippen MR) is 40.7 cm³/mol. The largest absolute Gasteiger partial charge is 0.394 e. The van der Waals surface area contributed by atoms with Crippen LogP contribution in [-0.4, -0.2) is 34.6 Å². The zero-order valence-electron chi connectivity index (χ0n) is 6.91. The van der Waals surface area contributed by atoms with Crippen LogP contribution in [-0.2, 0) is 0 Å². The van der Waals surface area contributed by atoms with Gasteiger partial charge in [-0.25, -0.2) is 0 Å². The molecule has 0 aromatic heterocycles. The first kappa shape index (κ1) is 12.5. The molecule has 0 radical (unpaired) electrons. The predicted octanol–water partition coefficient (Wildman–Crippen LogP) is -0.00580. The summed E-state index contributed by atoms with van der Waals surface area (Å²) in [5.41, 5.74) is 0. The molecule has 0 aromatic carbocycles. The number of aliphatic hydroxyl groups excluding tert-OH is 3. The van der Waals surface area contributed by atoms with Gasteiger partial charge in [-0.2, -0.15) is 0 Å². The molecule has 0 aromatic rings. The van der Waals surface area contributed by atoms with Gasteiger partial charge in [-0.3, -0.25) is 0 Å². The minimum Gasteiger partial charge on any atom is -0.394 e. The van der Waals surface area contributed by atoms with Gasteiger partial charge in [0.15, 0.2) is 0 Å². The molecule has 10 heavy (non-hydrogen) atoms. The molecule has 0 saturated carbocycles. The molecule has 0 rings (SSSR count). The Kier molecular flexibility index (Phi) is 11.1. The molecule has 0 fully saturated rings. The van der Waals surface area contributed by atoms with E-state index in [1.807, 2.05) is 0 Å². The molecule has 64 valence electrons. The first-order chi connectivity index (χ1) is 4.54. The Morgan fingerprint density at radius 1 is 1.00 bits per heavy atom. The van der Waals surface area contributed by atoms with Crippen molar-refractivity contribution in [2.45, 2.75) is 26.9 Å². The number of rotatable bonds is 2. The van der Waals surface area contributed by atoms with E-state index >= 15 is 0 Å². The van der Waals surface area contributed by atoms with Crippen LogP contribution in [0.5, 0.6) is 0 Å². The molecule has 0 saturated heterocycles. The standard InChI is InChI=1S/C4H10.C3H8O3/c1-4(2)3;4-1-3(6)2-5/h4H,1-3H3;3-6H,1-2H2. The highest BCUT2D eigenvalue weighted by Crippen LogP contribution is 1.81. The third-order valence-electron chi connectivity index (χ3n) is 0.421. The van der Waals surface area contributed by atoms with Gasteiger partial charge in [0.25, 0.3) is 0 Å². The van der Waals surface area contributed by atoms with Crippen LogP contribution in [0.1, 0.15) is 20.8 Å². The summed E-state index contributed by atoms with van der Waals surface area (Å²) in [6.07, 6.45) is -0.954. The third-order valence-corrected chi connectivity index (χ3v) is 0.421. The van der Waals surface area contributed by atoms with Crippen molar-refractivity contribution in [3.63, 3.8) is 0 Å². The van der Waals surface area contributed by atoms with Gasteiger partial charge in [-0.15, -0.1) is 0 Å². The zero-order valence-corrected chi connectivity index (χ0v) is 6.91. The quantitative estimate of drug-likeness (QED) is 0.519. The van der Waals surface area contributed by atoms with Gasteiger partial charge in [-0.05, 0) is 5.92 Å². The van der Waals surface area contributed by atoms with E-state index in [9.17, 15) is 0 Å². The van der Waals surface area contributed by atoms with Crippen LogP contribution in [0.3, 0.4) is 0 Å². The molecule has 3 heteroatoms. The highest BCUT2D eigenvalue weighted by Gasteiger charge is 1.93. The normalized spacial score (nSPS) is 9.60. The van der Waals surface area contributed by atoms with Crippen LogP contribution in [0.2, 0.25) is 0 Å².